The minimum Gasteiger partial charge on any atom is -0.462 e. The summed E-state index contributed by atoms with van der Waals surface area (Å²) in [5.41, 5.74) is 0. The first-order valence-electron chi connectivity index (χ1n) is 21.8. The first-order chi connectivity index (χ1) is 26.0. The molecule has 0 aliphatic heterocycles. The molecule has 304 valence electrons. The Balaban J connectivity index is 4.35. The number of allylic oxidation sites excluding steroid dienone is 10. The molecule has 53 heavy (non-hydrogen) atoms. The first-order valence-corrected chi connectivity index (χ1v) is 21.8. The molecule has 1 unspecified atom stereocenters. The largest absolute Gasteiger partial charge is 0.462 e. The number of hydrogen-bond donors (Lipinski definition) is 0. The zero-order chi connectivity index (χ0) is 38.7. The highest BCUT2D eigenvalue weighted by molar-refractivity contribution is 5.71. The van der Waals surface area contributed by atoms with Crippen molar-refractivity contribution in [1.29, 1.82) is 0 Å². The quantitative estimate of drug-likeness (QED) is 0.0271. The highest BCUT2D eigenvalue weighted by atomic mass is 16.6. The Morgan fingerprint density at radius 1 is 0.396 bits per heavy atom. The van der Waals surface area contributed by atoms with Gasteiger partial charge in [-0.15, -0.1) is 0 Å². The fraction of sp³-hybridized carbons (Fsp3) is 0.723. The van der Waals surface area contributed by atoms with Gasteiger partial charge in [0.25, 0.3) is 0 Å². The zero-order valence-electron chi connectivity index (χ0n) is 34.5. The highest BCUT2D eigenvalue weighted by Gasteiger charge is 2.19. The van der Waals surface area contributed by atoms with E-state index in [4.69, 9.17) is 14.2 Å². The summed E-state index contributed by atoms with van der Waals surface area (Å²) < 4.78 is 16.6. The molecule has 0 amide bonds. The predicted molar refractivity (Wildman–Crippen MR) is 224 cm³/mol. The molecule has 0 aromatic heterocycles. The van der Waals surface area contributed by atoms with Gasteiger partial charge >= 0.3 is 17.9 Å². The van der Waals surface area contributed by atoms with E-state index in [-0.39, 0.29) is 31.1 Å². The summed E-state index contributed by atoms with van der Waals surface area (Å²) in [5, 5.41) is 0. The summed E-state index contributed by atoms with van der Waals surface area (Å²) in [4.78, 5) is 37.5. The topological polar surface area (TPSA) is 78.9 Å². The van der Waals surface area contributed by atoms with Crippen LogP contribution < -0.4 is 0 Å². The molecule has 0 aromatic rings. The Kier molecular flexibility index (Phi) is 39.6. The highest BCUT2D eigenvalue weighted by Crippen LogP contribution is 2.12. The molecule has 0 rings (SSSR count). The van der Waals surface area contributed by atoms with Gasteiger partial charge in [0.05, 0.1) is 0 Å². The van der Waals surface area contributed by atoms with E-state index in [1.807, 2.05) is 0 Å². The van der Waals surface area contributed by atoms with Gasteiger partial charge in [-0.2, -0.15) is 0 Å². The van der Waals surface area contributed by atoms with Crippen molar-refractivity contribution in [1.82, 2.24) is 0 Å². The van der Waals surface area contributed by atoms with E-state index in [1.54, 1.807) is 0 Å². The zero-order valence-corrected chi connectivity index (χ0v) is 34.5. The van der Waals surface area contributed by atoms with Crippen molar-refractivity contribution in [3.63, 3.8) is 0 Å². The van der Waals surface area contributed by atoms with E-state index in [0.717, 1.165) is 122 Å². The number of carbonyl (C=O) groups is 3. The second-order valence-corrected chi connectivity index (χ2v) is 14.2. The van der Waals surface area contributed by atoms with Crippen molar-refractivity contribution in [2.45, 2.75) is 207 Å². The number of esters is 3. The van der Waals surface area contributed by atoms with Crippen LogP contribution in [0.1, 0.15) is 201 Å². The van der Waals surface area contributed by atoms with Gasteiger partial charge in [-0.25, -0.2) is 0 Å². The van der Waals surface area contributed by atoms with E-state index in [1.165, 1.54) is 38.5 Å². The number of rotatable bonds is 38. The lowest BCUT2D eigenvalue weighted by Crippen LogP contribution is -2.30. The van der Waals surface area contributed by atoms with Crippen LogP contribution in [0.5, 0.6) is 0 Å². The van der Waals surface area contributed by atoms with Crippen molar-refractivity contribution in [2.75, 3.05) is 13.2 Å². The minimum absolute atomic E-state index is 0.0865. The van der Waals surface area contributed by atoms with E-state index in [0.29, 0.717) is 19.3 Å². The van der Waals surface area contributed by atoms with Gasteiger partial charge < -0.3 is 14.2 Å². The Morgan fingerprint density at radius 3 is 1.21 bits per heavy atom. The van der Waals surface area contributed by atoms with E-state index < -0.39 is 6.10 Å². The standard InChI is InChI=1S/C47H80O6/c1-4-7-10-13-16-18-20-22-24-26-27-29-31-34-37-40-46(49)52-43-44(42-51-45(48)39-36-33-15-12-9-6-3)53-47(50)41-38-35-32-30-28-25-23-21-19-17-14-11-8-5-2/h7,10,14,16-18,21-24,44H,4-6,8-9,11-13,15,19-20,25-43H2,1-3H3/b10-7-,17-14-,18-16-,23-21-,24-22-. The maximum absolute atomic E-state index is 12.7. The molecule has 1 atom stereocenters. The van der Waals surface area contributed by atoms with Crippen molar-refractivity contribution in [3.05, 3.63) is 60.8 Å². The third-order valence-electron chi connectivity index (χ3n) is 9.01. The van der Waals surface area contributed by atoms with Crippen LogP contribution >= 0.6 is 0 Å². The normalized spacial score (nSPS) is 12.6. The molecule has 0 bridgehead atoms. The fourth-order valence-electron chi connectivity index (χ4n) is 5.71. The van der Waals surface area contributed by atoms with Crippen molar-refractivity contribution < 1.29 is 28.6 Å². The average Bonchev–Trinajstić information content (AvgIpc) is 3.15. The number of hydrogen-bond acceptors (Lipinski definition) is 6. The molecule has 0 saturated carbocycles. The lowest BCUT2D eigenvalue weighted by atomic mass is 10.1. The minimum atomic E-state index is -0.783. The van der Waals surface area contributed by atoms with Gasteiger partial charge in [0, 0.05) is 19.3 Å². The Bertz CT molecular complexity index is 991. The summed E-state index contributed by atoms with van der Waals surface area (Å²) in [6.45, 7) is 6.37. The molecule has 0 saturated heterocycles. The van der Waals surface area contributed by atoms with Crippen LogP contribution in [0.3, 0.4) is 0 Å². The van der Waals surface area contributed by atoms with Crippen LogP contribution in [0.25, 0.3) is 0 Å². The number of unbranched alkanes of at least 4 members (excludes halogenated alkanes) is 17. The molecule has 6 nitrogen and oxygen atoms in total. The lowest BCUT2D eigenvalue weighted by molar-refractivity contribution is -0.167. The molecule has 0 heterocycles. The summed E-state index contributed by atoms with van der Waals surface area (Å²) >= 11 is 0. The molecule has 0 spiro atoms. The summed E-state index contributed by atoms with van der Waals surface area (Å²) in [6, 6.07) is 0. The van der Waals surface area contributed by atoms with E-state index >= 15 is 0 Å². The maximum Gasteiger partial charge on any atom is 0.306 e. The van der Waals surface area contributed by atoms with Crippen LogP contribution in [0.15, 0.2) is 60.8 Å². The first kappa shape index (κ1) is 50.1. The smallest absolute Gasteiger partial charge is 0.306 e. The van der Waals surface area contributed by atoms with Crippen molar-refractivity contribution >= 4 is 17.9 Å². The van der Waals surface area contributed by atoms with Crippen molar-refractivity contribution in [2.24, 2.45) is 0 Å². The SMILES string of the molecule is CC/C=C\C/C=C\C/C=C\CCCCCCCC(=O)OCC(COC(=O)CCCCCCCC)OC(=O)CCCCCCC/C=C\C/C=C\CCCC. The van der Waals surface area contributed by atoms with Crippen LogP contribution in [-0.4, -0.2) is 37.2 Å². The van der Waals surface area contributed by atoms with Gasteiger partial charge in [0.1, 0.15) is 13.2 Å². The van der Waals surface area contributed by atoms with E-state index in [2.05, 4.69) is 81.5 Å². The van der Waals surface area contributed by atoms with E-state index in [9.17, 15) is 14.4 Å². The Labute approximate surface area is 326 Å². The molecular weight excluding hydrogens is 661 g/mol. The monoisotopic (exact) mass is 741 g/mol. The molecule has 0 radical (unpaired) electrons. The fourth-order valence-corrected chi connectivity index (χ4v) is 5.71. The molecule has 0 aromatic carbocycles. The molecule has 0 aliphatic rings. The Hall–Kier alpha value is -2.89. The summed E-state index contributed by atoms with van der Waals surface area (Å²) in [7, 11) is 0. The second-order valence-electron chi connectivity index (χ2n) is 14.2. The van der Waals surface area contributed by atoms with Crippen LogP contribution in [0, 0.1) is 0 Å². The summed E-state index contributed by atoms with van der Waals surface area (Å²) in [5.74, 6) is -0.933. The maximum atomic E-state index is 12.7. The predicted octanol–water partition coefficient (Wildman–Crippen LogP) is 13.7. The molecule has 0 N–H and O–H groups in total. The van der Waals surface area contributed by atoms with Gasteiger partial charge in [0.15, 0.2) is 6.10 Å². The van der Waals surface area contributed by atoms with Crippen LogP contribution in [0.4, 0.5) is 0 Å². The van der Waals surface area contributed by atoms with Gasteiger partial charge in [-0.1, -0.05) is 165 Å². The van der Waals surface area contributed by atoms with Crippen LogP contribution in [0.2, 0.25) is 0 Å². The molecular formula is C47H80O6. The molecule has 0 aliphatic carbocycles. The lowest BCUT2D eigenvalue weighted by Gasteiger charge is -2.18. The van der Waals surface area contributed by atoms with Gasteiger partial charge in [-0.3, -0.25) is 14.4 Å². The average molecular weight is 741 g/mol. The number of carbonyl (C=O) groups excluding carboxylic acids is 3. The third kappa shape index (κ3) is 40.1. The third-order valence-corrected chi connectivity index (χ3v) is 9.01. The molecule has 0 fully saturated rings. The second kappa shape index (κ2) is 41.9. The Morgan fingerprint density at radius 2 is 0.755 bits per heavy atom. The van der Waals surface area contributed by atoms with Gasteiger partial charge in [-0.05, 0) is 77.0 Å². The number of ether oxygens (including phenoxy) is 3. The summed E-state index contributed by atoms with van der Waals surface area (Å²) in [6.07, 6.45) is 49.3. The van der Waals surface area contributed by atoms with Crippen LogP contribution in [-0.2, 0) is 28.6 Å². The van der Waals surface area contributed by atoms with Gasteiger partial charge in [0.2, 0.25) is 0 Å². The van der Waals surface area contributed by atoms with Crippen molar-refractivity contribution in [3.8, 4) is 0 Å². The molecule has 6 heteroatoms.